The first-order valence-electron chi connectivity index (χ1n) is 7.90. The SMILES string of the molecule is C1CCN2CCN(C(C3CC3)C3CC3)CC2C1. The Morgan fingerprint density at radius 2 is 1.53 bits per heavy atom. The molecule has 96 valence electrons. The highest BCUT2D eigenvalue weighted by molar-refractivity contribution is 5.00. The van der Waals surface area contributed by atoms with E-state index in [0.717, 1.165) is 23.9 Å². The average molecular weight is 234 g/mol. The van der Waals surface area contributed by atoms with Crippen LogP contribution in [0.4, 0.5) is 0 Å². The van der Waals surface area contributed by atoms with E-state index in [-0.39, 0.29) is 0 Å². The predicted molar refractivity (Wildman–Crippen MR) is 70.0 cm³/mol. The zero-order valence-electron chi connectivity index (χ0n) is 11.0. The van der Waals surface area contributed by atoms with Gasteiger partial charge in [0.2, 0.25) is 0 Å². The van der Waals surface area contributed by atoms with Gasteiger partial charge in [0.25, 0.3) is 0 Å². The van der Waals surface area contributed by atoms with Gasteiger partial charge in [-0.15, -0.1) is 0 Å². The van der Waals surface area contributed by atoms with Crippen LogP contribution in [-0.4, -0.2) is 48.1 Å². The van der Waals surface area contributed by atoms with Crippen LogP contribution < -0.4 is 0 Å². The molecule has 2 aliphatic heterocycles. The van der Waals surface area contributed by atoms with Gasteiger partial charge in [0.15, 0.2) is 0 Å². The van der Waals surface area contributed by atoms with E-state index in [2.05, 4.69) is 9.80 Å². The molecule has 17 heavy (non-hydrogen) atoms. The van der Waals surface area contributed by atoms with E-state index in [9.17, 15) is 0 Å². The third-order valence-corrected chi connectivity index (χ3v) is 5.50. The molecule has 0 N–H and O–H groups in total. The molecule has 0 spiro atoms. The zero-order valence-corrected chi connectivity index (χ0v) is 11.0. The Balaban J connectivity index is 1.43. The van der Waals surface area contributed by atoms with Crippen molar-refractivity contribution in [3.63, 3.8) is 0 Å². The van der Waals surface area contributed by atoms with E-state index in [4.69, 9.17) is 0 Å². The molecule has 2 heteroatoms. The van der Waals surface area contributed by atoms with Gasteiger partial charge in [-0.25, -0.2) is 0 Å². The molecule has 0 aromatic rings. The standard InChI is InChI=1S/C15H26N2/c1-2-8-16-9-10-17(11-14(16)3-1)15(12-4-5-12)13-6-7-13/h12-15H,1-11H2. The van der Waals surface area contributed by atoms with Crippen molar-refractivity contribution in [2.45, 2.75) is 57.0 Å². The van der Waals surface area contributed by atoms with Gasteiger partial charge in [-0.05, 0) is 56.9 Å². The largest absolute Gasteiger partial charge is 0.298 e. The molecule has 0 bridgehead atoms. The molecule has 0 aromatic heterocycles. The van der Waals surface area contributed by atoms with Gasteiger partial charge in [0.1, 0.15) is 0 Å². The summed E-state index contributed by atoms with van der Waals surface area (Å²) in [5, 5.41) is 0. The fraction of sp³-hybridized carbons (Fsp3) is 1.00. The topological polar surface area (TPSA) is 6.48 Å². The Kier molecular flexibility index (Phi) is 2.69. The van der Waals surface area contributed by atoms with Gasteiger partial charge in [0, 0.05) is 31.7 Å². The first kappa shape index (κ1) is 10.8. The highest BCUT2D eigenvalue weighted by Gasteiger charge is 2.46. The van der Waals surface area contributed by atoms with Crippen LogP contribution in [-0.2, 0) is 0 Å². The fourth-order valence-corrected chi connectivity index (χ4v) is 4.31. The number of fused-ring (bicyclic) bond motifs is 1. The Morgan fingerprint density at radius 1 is 0.765 bits per heavy atom. The summed E-state index contributed by atoms with van der Waals surface area (Å²) in [6.45, 7) is 5.52. The van der Waals surface area contributed by atoms with E-state index in [0.29, 0.717) is 0 Å². The van der Waals surface area contributed by atoms with Crippen molar-refractivity contribution in [2.75, 3.05) is 26.2 Å². The van der Waals surface area contributed by atoms with E-state index in [1.807, 2.05) is 0 Å². The van der Waals surface area contributed by atoms with Crippen LogP contribution in [0.15, 0.2) is 0 Å². The lowest BCUT2D eigenvalue weighted by atomic mass is 9.96. The maximum Gasteiger partial charge on any atom is 0.0223 e. The van der Waals surface area contributed by atoms with Crippen molar-refractivity contribution in [1.82, 2.24) is 9.80 Å². The Morgan fingerprint density at radius 3 is 2.24 bits per heavy atom. The van der Waals surface area contributed by atoms with Gasteiger partial charge in [-0.3, -0.25) is 9.80 Å². The minimum atomic E-state index is 0.914. The number of piperidine rings is 1. The smallest absolute Gasteiger partial charge is 0.0223 e. The molecule has 0 radical (unpaired) electrons. The molecule has 1 atom stereocenters. The monoisotopic (exact) mass is 234 g/mol. The van der Waals surface area contributed by atoms with E-state index in [1.54, 1.807) is 0 Å². The highest BCUT2D eigenvalue weighted by atomic mass is 15.3. The molecule has 2 saturated heterocycles. The summed E-state index contributed by atoms with van der Waals surface area (Å²) < 4.78 is 0. The molecule has 0 aromatic carbocycles. The quantitative estimate of drug-likeness (QED) is 0.739. The number of nitrogens with zero attached hydrogens (tertiary/aromatic N) is 2. The Hall–Kier alpha value is -0.0800. The van der Waals surface area contributed by atoms with Crippen molar-refractivity contribution in [1.29, 1.82) is 0 Å². The molecule has 0 amide bonds. The third kappa shape index (κ3) is 2.15. The molecule has 1 unspecified atom stereocenters. The minimum absolute atomic E-state index is 0.914. The van der Waals surface area contributed by atoms with Crippen LogP contribution in [0.5, 0.6) is 0 Å². The summed E-state index contributed by atoms with van der Waals surface area (Å²) in [5.74, 6) is 2.19. The molecule has 2 aliphatic carbocycles. The highest BCUT2D eigenvalue weighted by Crippen LogP contribution is 2.47. The van der Waals surface area contributed by atoms with Gasteiger partial charge in [-0.1, -0.05) is 6.42 Å². The Bertz CT molecular complexity index is 271. The van der Waals surface area contributed by atoms with Crippen LogP contribution in [0, 0.1) is 11.8 Å². The first-order valence-corrected chi connectivity index (χ1v) is 7.90. The summed E-state index contributed by atoms with van der Waals surface area (Å²) >= 11 is 0. The molecule has 4 fully saturated rings. The van der Waals surface area contributed by atoms with Crippen molar-refractivity contribution in [3.05, 3.63) is 0 Å². The van der Waals surface area contributed by atoms with E-state index < -0.39 is 0 Å². The van der Waals surface area contributed by atoms with Crippen LogP contribution >= 0.6 is 0 Å². The number of rotatable bonds is 3. The maximum atomic E-state index is 2.90. The average Bonchev–Trinajstić information content (AvgIpc) is 3.23. The lowest BCUT2D eigenvalue weighted by Gasteiger charge is -2.47. The second-order valence-electron chi connectivity index (χ2n) is 6.85. The van der Waals surface area contributed by atoms with Crippen molar-refractivity contribution < 1.29 is 0 Å². The molecule has 2 nitrogen and oxygen atoms in total. The summed E-state index contributed by atoms with van der Waals surface area (Å²) in [4.78, 5) is 5.68. The van der Waals surface area contributed by atoms with Gasteiger partial charge >= 0.3 is 0 Å². The maximum absolute atomic E-state index is 2.90. The second kappa shape index (κ2) is 4.24. The molecule has 2 heterocycles. The Labute approximate surface area is 105 Å². The third-order valence-electron chi connectivity index (χ3n) is 5.50. The number of piperazine rings is 1. The molecular formula is C15H26N2. The van der Waals surface area contributed by atoms with Crippen molar-refractivity contribution >= 4 is 0 Å². The van der Waals surface area contributed by atoms with Crippen molar-refractivity contribution in [3.8, 4) is 0 Å². The first-order chi connectivity index (χ1) is 8.42. The summed E-state index contributed by atoms with van der Waals surface area (Å²) in [6, 6.07) is 1.91. The lowest BCUT2D eigenvalue weighted by Crippen LogP contribution is -2.58. The van der Waals surface area contributed by atoms with Crippen LogP contribution in [0.3, 0.4) is 0 Å². The van der Waals surface area contributed by atoms with Crippen LogP contribution in [0.1, 0.15) is 44.9 Å². The summed E-state index contributed by atoms with van der Waals surface area (Å²) in [7, 11) is 0. The molecule has 4 aliphatic rings. The predicted octanol–water partition coefficient (Wildman–Crippen LogP) is 2.35. The second-order valence-corrected chi connectivity index (χ2v) is 6.85. The summed E-state index contributed by atoms with van der Waals surface area (Å²) in [6.07, 6.45) is 10.5. The number of hydrogen-bond donors (Lipinski definition) is 0. The van der Waals surface area contributed by atoms with E-state index >= 15 is 0 Å². The zero-order chi connectivity index (χ0) is 11.2. The fourth-order valence-electron chi connectivity index (χ4n) is 4.31. The molecule has 4 rings (SSSR count). The van der Waals surface area contributed by atoms with Gasteiger partial charge in [0.05, 0.1) is 0 Å². The van der Waals surface area contributed by atoms with Crippen LogP contribution in [0.2, 0.25) is 0 Å². The minimum Gasteiger partial charge on any atom is -0.298 e. The van der Waals surface area contributed by atoms with Gasteiger partial charge in [-0.2, -0.15) is 0 Å². The van der Waals surface area contributed by atoms with Crippen molar-refractivity contribution in [2.24, 2.45) is 11.8 Å². The van der Waals surface area contributed by atoms with E-state index in [1.165, 1.54) is 71.1 Å². The summed E-state index contributed by atoms with van der Waals surface area (Å²) in [5.41, 5.74) is 0. The van der Waals surface area contributed by atoms with Gasteiger partial charge < -0.3 is 0 Å². The van der Waals surface area contributed by atoms with Crippen LogP contribution in [0.25, 0.3) is 0 Å². The molecular weight excluding hydrogens is 208 g/mol. The normalized spacial score (nSPS) is 36.2. The number of hydrogen-bond acceptors (Lipinski definition) is 2. The lowest BCUT2D eigenvalue weighted by molar-refractivity contribution is 0.0164. The molecule has 2 saturated carbocycles.